The quantitative estimate of drug-likeness (QED) is 0.182. The monoisotopic (exact) mass is 574 g/mol. The first-order valence-corrected chi connectivity index (χ1v) is 11.7. The van der Waals surface area contributed by atoms with Crippen molar-refractivity contribution in [1.82, 2.24) is 25.8 Å². The Morgan fingerprint density at radius 1 is 1.00 bits per heavy atom. The van der Waals surface area contributed by atoms with Gasteiger partial charge >= 0.3 is 6.09 Å². The molecule has 1 saturated heterocycles. The van der Waals surface area contributed by atoms with Crippen LogP contribution in [0.1, 0.15) is 45.2 Å². The zero-order chi connectivity index (χ0) is 23.4. The SMILES string of the molecule is CCNC(=NCc1ccc(CN2CCN(C)CC2)cc1)NCCCNC(=O)OC(C)(C)C.I. The molecule has 2 rings (SSSR count). The number of halogens is 1. The topological polar surface area (TPSA) is 81.2 Å². The molecule has 3 N–H and O–H groups in total. The van der Waals surface area contributed by atoms with E-state index in [0.717, 1.165) is 51.6 Å². The fourth-order valence-electron chi connectivity index (χ4n) is 3.33. The molecule has 1 aliphatic heterocycles. The Labute approximate surface area is 216 Å². The van der Waals surface area contributed by atoms with E-state index in [-0.39, 0.29) is 30.1 Å². The number of nitrogens with zero attached hydrogens (tertiary/aromatic N) is 3. The van der Waals surface area contributed by atoms with Crippen molar-refractivity contribution in [3.05, 3.63) is 35.4 Å². The minimum Gasteiger partial charge on any atom is -0.444 e. The number of carbonyl (C=O) groups excluding carboxylic acids is 1. The molecule has 0 atom stereocenters. The van der Waals surface area contributed by atoms with Crippen LogP contribution in [0.25, 0.3) is 0 Å². The Morgan fingerprint density at radius 2 is 1.61 bits per heavy atom. The third kappa shape index (κ3) is 13.0. The maximum absolute atomic E-state index is 11.7. The maximum atomic E-state index is 11.7. The van der Waals surface area contributed by atoms with E-state index in [9.17, 15) is 4.79 Å². The summed E-state index contributed by atoms with van der Waals surface area (Å²) in [5, 5.41) is 9.36. The van der Waals surface area contributed by atoms with Crippen LogP contribution in [0.5, 0.6) is 0 Å². The molecule has 0 spiro atoms. The number of alkyl carbamates (subject to hydrolysis) is 1. The average Bonchev–Trinajstić information content (AvgIpc) is 2.73. The summed E-state index contributed by atoms with van der Waals surface area (Å²) in [6.45, 7) is 15.9. The van der Waals surface area contributed by atoms with Gasteiger partial charge in [0.05, 0.1) is 6.54 Å². The molecule has 1 aromatic carbocycles. The highest BCUT2D eigenvalue weighted by Gasteiger charge is 2.15. The molecule has 0 unspecified atom stereocenters. The lowest BCUT2D eigenvalue weighted by Gasteiger charge is -2.32. The van der Waals surface area contributed by atoms with Crippen molar-refractivity contribution in [2.24, 2.45) is 4.99 Å². The van der Waals surface area contributed by atoms with Crippen LogP contribution in [0.3, 0.4) is 0 Å². The van der Waals surface area contributed by atoms with Crippen LogP contribution in [-0.4, -0.2) is 80.3 Å². The Kier molecular flexibility index (Phi) is 13.7. The van der Waals surface area contributed by atoms with Gasteiger partial charge in [0.25, 0.3) is 0 Å². The number of hydrogen-bond acceptors (Lipinski definition) is 5. The number of piperazine rings is 1. The van der Waals surface area contributed by atoms with Gasteiger partial charge in [-0.25, -0.2) is 9.79 Å². The Balaban J connectivity index is 0.00000544. The van der Waals surface area contributed by atoms with E-state index in [1.165, 1.54) is 11.1 Å². The molecule has 1 amide bonds. The van der Waals surface area contributed by atoms with Crippen LogP contribution in [-0.2, 0) is 17.8 Å². The summed E-state index contributed by atoms with van der Waals surface area (Å²) in [5.41, 5.74) is 2.07. The number of guanidine groups is 1. The molecule has 1 aromatic rings. The highest BCUT2D eigenvalue weighted by molar-refractivity contribution is 14.0. The van der Waals surface area contributed by atoms with Crippen molar-refractivity contribution < 1.29 is 9.53 Å². The molecular weight excluding hydrogens is 531 g/mol. The second-order valence-electron chi connectivity index (χ2n) is 9.30. The highest BCUT2D eigenvalue weighted by Crippen LogP contribution is 2.10. The average molecular weight is 575 g/mol. The summed E-state index contributed by atoms with van der Waals surface area (Å²) in [6, 6.07) is 8.77. The first kappa shape index (κ1) is 29.4. The smallest absolute Gasteiger partial charge is 0.407 e. The molecule has 0 radical (unpaired) electrons. The number of ether oxygens (including phenoxy) is 1. The van der Waals surface area contributed by atoms with Gasteiger partial charge in [0.1, 0.15) is 5.60 Å². The predicted octanol–water partition coefficient (Wildman–Crippen LogP) is 3.02. The van der Waals surface area contributed by atoms with Crippen molar-refractivity contribution >= 4 is 36.0 Å². The van der Waals surface area contributed by atoms with Crippen LogP contribution in [0.4, 0.5) is 4.79 Å². The molecule has 0 aromatic heterocycles. The number of carbonyl (C=O) groups is 1. The molecule has 9 heteroatoms. The van der Waals surface area contributed by atoms with Gasteiger partial charge in [-0.05, 0) is 52.3 Å². The number of hydrogen-bond donors (Lipinski definition) is 3. The minimum atomic E-state index is -0.476. The van der Waals surface area contributed by atoms with Crippen LogP contribution in [0, 0.1) is 0 Å². The van der Waals surface area contributed by atoms with Crippen molar-refractivity contribution in [2.75, 3.05) is 52.9 Å². The molecule has 33 heavy (non-hydrogen) atoms. The first-order valence-electron chi connectivity index (χ1n) is 11.7. The number of rotatable bonds is 9. The summed E-state index contributed by atoms with van der Waals surface area (Å²) in [4.78, 5) is 21.2. The van der Waals surface area contributed by atoms with Crippen molar-refractivity contribution in [1.29, 1.82) is 0 Å². The summed E-state index contributed by atoms with van der Waals surface area (Å²) >= 11 is 0. The molecule has 1 heterocycles. The molecule has 0 saturated carbocycles. The number of nitrogens with one attached hydrogen (secondary N) is 3. The van der Waals surface area contributed by atoms with Gasteiger partial charge in [0, 0.05) is 52.4 Å². The lowest BCUT2D eigenvalue weighted by molar-refractivity contribution is 0.0527. The van der Waals surface area contributed by atoms with Gasteiger partial charge < -0.3 is 25.6 Å². The van der Waals surface area contributed by atoms with E-state index in [2.05, 4.69) is 69.0 Å². The van der Waals surface area contributed by atoms with Crippen LogP contribution < -0.4 is 16.0 Å². The number of likely N-dealkylation sites (N-methyl/N-ethyl adjacent to an activating group) is 1. The van der Waals surface area contributed by atoms with Gasteiger partial charge in [-0.1, -0.05) is 24.3 Å². The zero-order valence-electron chi connectivity index (χ0n) is 20.9. The Morgan fingerprint density at radius 3 is 2.21 bits per heavy atom. The van der Waals surface area contributed by atoms with Crippen LogP contribution >= 0.6 is 24.0 Å². The van der Waals surface area contributed by atoms with E-state index in [1.54, 1.807) is 0 Å². The van der Waals surface area contributed by atoms with Crippen LogP contribution in [0.2, 0.25) is 0 Å². The van der Waals surface area contributed by atoms with Gasteiger partial charge in [-0.15, -0.1) is 24.0 Å². The van der Waals surface area contributed by atoms with Gasteiger partial charge in [-0.3, -0.25) is 4.90 Å². The zero-order valence-corrected chi connectivity index (χ0v) is 23.3. The number of amides is 1. The van der Waals surface area contributed by atoms with Gasteiger partial charge in [0.2, 0.25) is 0 Å². The third-order valence-electron chi connectivity index (χ3n) is 5.10. The molecule has 1 fully saturated rings. The molecular formula is C24H43IN6O2. The van der Waals surface area contributed by atoms with Crippen LogP contribution in [0.15, 0.2) is 29.3 Å². The fourth-order valence-corrected chi connectivity index (χ4v) is 3.33. The fraction of sp³-hybridized carbons (Fsp3) is 0.667. The number of benzene rings is 1. The van der Waals surface area contributed by atoms with E-state index < -0.39 is 5.60 Å². The summed E-state index contributed by atoms with van der Waals surface area (Å²) in [6.07, 6.45) is 0.402. The van der Waals surface area contributed by atoms with E-state index in [4.69, 9.17) is 4.74 Å². The molecule has 188 valence electrons. The van der Waals surface area contributed by atoms with Gasteiger partial charge in [0.15, 0.2) is 5.96 Å². The highest BCUT2D eigenvalue weighted by atomic mass is 127. The third-order valence-corrected chi connectivity index (χ3v) is 5.10. The Hall–Kier alpha value is -1.59. The second kappa shape index (κ2) is 15.3. The molecule has 8 nitrogen and oxygen atoms in total. The van der Waals surface area contributed by atoms with Crippen molar-refractivity contribution in [2.45, 2.75) is 52.8 Å². The summed E-state index contributed by atoms with van der Waals surface area (Å²) in [5.74, 6) is 0.784. The van der Waals surface area contributed by atoms with Gasteiger partial charge in [-0.2, -0.15) is 0 Å². The predicted molar refractivity (Wildman–Crippen MR) is 146 cm³/mol. The largest absolute Gasteiger partial charge is 0.444 e. The minimum absolute atomic E-state index is 0. The first-order chi connectivity index (χ1) is 15.2. The summed E-state index contributed by atoms with van der Waals surface area (Å²) < 4.78 is 5.24. The number of aliphatic imine (C=N–C) groups is 1. The van der Waals surface area contributed by atoms with E-state index in [0.29, 0.717) is 19.6 Å². The normalized spacial score (nSPS) is 15.5. The van der Waals surface area contributed by atoms with E-state index >= 15 is 0 Å². The second-order valence-corrected chi connectivity index (χ2v) is 9.30. The Bertz CT molecular complexity index is 713. The molecule has 1 aliphatic rings. The van der Waals surface area contributed by atoms with Crippen molar-refractivity contribution in [3.8, 4) is 0 Å². The summed E-state index contributed by atoms with van der Waals surface area (Å²) in [7, 11) is 2.18. The maximum Gasteiger partial charge on any atom is 0.407 e. The van der Waals surface area contributed by atoms with Crippen molar-refractivity contribution in [3.63, 3.8) is 0 Å². The lowest BCUT2D eigenvalue weighted by atomic mass is 10.1. The van der Waals surface area contributed by atoms with E-state index in [1.807, 2.05) is 20.8 Å². The standard InChI is InChI=1S/C24H42N6O2.HI/c1-6-25-22(26-12-7-13-27-23(31)32-24(2,3)4)28-18-20-8-10-21(11-9-20)19-30-16-14-29(5)15-17-30;/h8-11H,6-7,12-19H2,1-5H3,(H,27,31)(H2,25,26,28);1H. The lowest BCUT2D eigenvalue weighted by Crippen LogP contribution is -2.43. The molecule has 0 bridgehead atoms. The molecule has 0 aliphatic carbocycles.